The van der Waals surface area contributed by atoms with E-state index < -0.39 is 6.10 Å². The zero-order valence-corrected chi connectivity index (χ0v) is 14.7. The highest BCUT2D eigenvalue weighted by Crippen LogP contribution is 2.24. The summed E-state index contributed by atoms with van der Waals surface area (Å²) in [5, 5.41) is 10.1. The van der Waals surface area contributed by atoms with Crippen LogP contribution in [0.3, 0.4) is 0 Å². The van der Waals surface area contributed by atoms with Gasteiger partial charge in [-0.25, -0.2) is 4.98 Å². The molecular weight excluding hydrogens is 300 g/mol. The van der Waals surface area contributed by atoms with Crippen LogP contribution in [0.5, 0.6) is 5.75 Å². The molecule has 0 amide bonds. The van der Waals surface area contributed by atoms with Crippen LogP contribution in [0.1, 0.15) is 35.5 Å². The van der Waals surface area contributed by atoms with Gasteiger partial charge in [0.1, 0.15) is 24.3 Å². The molecule has 0 radical (unpaired) electrons. The standard InChI is InChI=1S/C20H24N2O2/c1-13-7-5-6-8-19(13)24-10-9-22-18-12-15(3)14(2)11-17(18)21-20(22)16(4)23/h5-8,11-12,16,23H,9-10H2,1-4H3. The number of aliphatic hydroxyl groups excluding tert-OH is 1. The fourth-order valence-electron chi connectivity index (χ4n) is 2.92. The molecule has 0 aliphatic heterocycles. The molecule has 1 heterocycles. The van der Waals surface area contributed by atoms with E-state index in [1.165, 1.54) is 11.1 Å². The zero-order chi connectivity index (χ0) is 17.3. The second kappa shape index (κ2) is 6.65. The summed E-state index contributed by atoms with van der Waals surface area (Å²) in [6, 6.07) is 12.2. The van der Waals surface area contributed by atoms with E-state index in [2.05, 4.69) is 35.5 Å². The Kier molecular flexibility index (Phi) is 4.58. The van der Waals surface area contributed by atoms with Gasteiger partial charge in [-0.3, -0.25) is 0 Å². The number of aryl methyl sites for hydroxylation is 3. The van der Waals surface area contributed by atoms with Gasteiger partial charge in [-0.15, -0.1) is 0 Å². The third kappa shape index (κ3) is 3.15. The van der Waals surface area contributed by atoms with Crippen molar-refractivity contribution in [1.82, 2.24) is 9.55 Å². The summed E-state index contributed by atoms with van der Waals surface area (Å²) in [5.41, 5.74) is 5.52. The number of rotatable bonds is 5. The van der Waals surface area contributed by atoms with Gasteiger partial charge in [0, 0.05) is 0 Å². The van der Waals surface area contributed by atoms with E-state index in [4.69, 9.17) is 4.74 Å². The average Bonchev–Trinajstić information content (AvgIpc) is 2.88. The Morgan fingerprint density at radius 1 is 1.08 bits per heavy atom. The number of fused-ring (bicyclic) bond motifs is 1. The van der Waals surface area contributed by atoms with Gasteiger partial charge in [-0.2, -0.15) is 0 Å². The number of imidazole rings is 1. The molecule has 4 heteroatoms. The van der Waals surface area contributed by atoms with E-state index in [9.17, 15) is 5.11 Å². The molecule has 0 saturated heterocycles. The first-order valence-electron chi connectivity index (χ1n) is 8.31. The van der Waals surface area contributed by atoms with Gasteiger partial charge in [0.25, 0.3) is 0 Å². The topological polar surface area (TPSA) is 47.3 Å². The van der Waals surface area contributed by atoms with Gasteiger partial charge in [0.05, 0.1) is 17.6 Å². The Hall–Kier alpha value is -2.33. The first kappa shape index (κ1) is 16.5. The maximum atomic E-state index is 10.1. The summed E-state index contributed by atoms with van der Waals surface area (Å²) in [7, 11) is 0. The van der Waals surface area contributed by atoms with Crippen LogP contribution in [0.4, 0.5) is 0 Å². The Morgan fingerprint density at radius 3 is 2.50 bits per heavy atom. The molecule has 126 valence electrons. The number of aliphatic hydroxyl groups is 1. The lowest BCUT2D eigenvalue weighted by Gasteiger charge is -2.13. The van der Waals surface area contributed by atoms with Crippen molar-refractivity contribution < 1.29 is 9.84 Å². The number of benzene rings is 2. The van der Waals surface area contributed by atoms with Crippen LogP contribution in [-0.2, 0) is 6.54 Å². The lowest BCUT2D eigenvalue weighted by atomic mass is 10.1. The van der Waals surface area contributed by atoms with Crippen LogP contribution in [0.25, 0.3) is 11.0 Å². The third-order valence-electron chi connectivity index (χ3n) is 4.43. The van der Waals surface area contributed by atoms with Crippen LogP contribution in [0.2, 0.25) is 0 Å². The number of ether oxygens (including phenoxy) is 1. The van der Waals surface area contributed by atoms with Crippen molar-refractivity contribution in [3.63, 3.8) is 0 Å². The third-order valence-corrected chi connectivity index (χ3v) is 4.43. The minimum Gasteiger partial charge on any atom is -0.491 e. The Balaban J connectivity index is 1.88. The normalized spacial score (nSPS) is 12.5. The number of hydrogen-bond acceptors (Lipinski definition) is 3. The fraction of sp³-hybridized carbons (Fsp3) is 0.350. The predicted molar refractivity (Wildman–Crippen MR) is 96.5 cm³/mol. The molecular formula is C20H24N2O2. The summed E-state index contributed by atoms with van der Waals surface area (Å²) < 4.78 is 7.98. The molecule has 24 heavy (non-hydrogen) atoms. The van der Waals surface area contributed by atoms with Crippen molar-refractivity contribution in [2.75, 3.05) is 6.61 Å². The number of para-hydroxylation sites is 1. The number of hydrogen-bond donors (Lipinski definition) is 1. The Morgan fingerprint density at radius 2 is 1.79 bits per heavy atom. The summed E-state index contributed by atoms with van der Waals surface area (Å²) in [6.07, 6.45) is -0.614. The van der Waals surface area contributed by atoms with Crippen molar-refractivity contribution in [2.45, 2.75) is 40.3 Å². The van der Waals surface area contributed by atoms with E-state index in [0.717, 1.165) is 22.3 Å². The molecule has 4 nitrogen and oxygen atoms in total. The molecule has 0 aliphatic carbocycles. The molecule has 0 saturated carbocycles. The Bertz CT molecular complexity index is 865. The highest BCUT2D eigenvalue weighted by molar-refractivity contribution is 5.78. The van der Waals surface area contributed by atoms with E-state index in [0.29, 0.717) is 19.0 Å². The SMILES string of the molecule is Cc1cc2nc(C(C)O)n(CCOc3ccccc3C)c2cc1C. The van der Waals surface area contributed by atoms with Crippen LogP contribution in [0.15, 0.2) is 36.4 Å². The largest absolute Gasteiger partial charge is 0.491 e. The lowest BCUT2D eigenvalue weighted by molar-refractivity contribution is 0.181. The second-order valence-electron chi connectivity index (χ2n) is 6.34. The van der Waals surface area contributed by atoms with Gasteiger partial charge < -0.3 is 14.4 Å². The smallest absolute Gasteiger partial charge is 0.138 e. The summed E-state index contributed by atoms with van der Waals surface area (Å²) in [4.78, 5) is 4.61. The van der Waals surface area contributed by atoms with Gasteiger partial charge in [0.2, 0.25) is 0 Å². The molecule has 0 fully saturated rings. The van der Waals surface area contributed by atoms with E-state index in [1.807, 2.05) is 31.2 Å². The van der Waals surface area contributed by atoms with E-state index in [-0.39, 0.29) is 0 Å². The lowest BCUT2D eigenvalue weighted by Crippen LogP contribution is -2.13. The number of aromatic nitrogens is 2. The van der Waals surface area contributed by atoms with E-state index in [1.54, 1.807) is 6.92 Å². The number of nitrogens with zero attached hydrogens (tertiary/aromatic N) is 2. The molecule has 1 aromatic heterocycles. The van der Waals surface area contributed by atoms with Gasteiger partial charge in [-0.1, -0.05) is 18.2 Å². The molecule has 2 aromatic carbocycles. The highest BCUT2D eigenvalue weighted by Gasteiger charge is 2.15. The minimum atomic E-state index is -0.614. The predicted octanol–water partition coefficient (Wildman–Crippen LogP) is 4.09. The maximum Gasteiger partial charge on any atom is 0.138 e. The van der Waals surface area contributed by atoms with Crippen molar-refractivity contribution in [1.29, 1.82) is 0 Å². The Labute approximate surface area is 142 Å². The molecule has 0 aliphatic rings. The first-order chi connectivity index (χ1) is 11.5. The molecule has 0 bridgehead atoms. The van der Waals surface area contributed by atoms with E-state index >= 15 is 0 Å². The van der Waals surface area contributed by atoms with Crippen molar-refractivity contribution in [3.05, 3.63) is 58.9 Å². The van der Waals surface area contributed by atoms with Crippen molar-refractivity contribution >= 4 is 11.0 Å². The average molecular weight is 324 g/mol. The summed E-state index contributed by atoms with van der Waals surface area (Å²) in [5.74, 6) is 1.58. The second-order valence-corrected chi connectivity index (χ2v) is 6.34. The quantitative estimate of drug-likeness (QED) is 0.769. The zero-order valence-electron chi connectivity index (χ0n) is 14.7. The van der Waals surface area contributed by atoms with Crippen LogP contribution < -0.4 is 4.74 Å². The van der Waals surface area contributed by atoms with Crippen LogP contribution in [-0.4, -0.2) is 21.3 Å². The van der Waals surface area contributed by atoms with Gasteiger partial charge in [0.15, 0.2) is 0 Å². The van der Waals surface area contributed by atoms with Crippen molar-refractivity contribution in [2.24, 2.45) is 0 Å². The first-order valence-corrected chi connectivity index (χ1v) is 8.31. The highest BCUT2D eigenvalue weighted by atomic mass is 16.5. The molecule has 1 atom stereocenters. The molecule has 3 aromatic rings. The molecule has 0 spiro atoms. The summed E-state index contributed by atoms with van der Waals surface area (Å²) >= 11 is 0. The minimum absolute atomic E-state index is 0.531. The molecule has 1 N–H and O–H groups in total. The molecule has 3 rings (SSSR count). The molecule has 1 unspecified atom stereocenters. The van der Waals surface area contributed by atoms with Crippen molar-refractivity contribution in [3.8, 4) is 5.75 Å². The monoisotopic (exact) mass is 324 g/mol. The fourth-order valence-corrected chi connectivity index (χ4v) is 2.92. The van der Waals surface area contributed by atoms with Gasteiger partial charge >= 0.3 is 0 Å². The van der Waals surface area contributed by atoms with Crippen LogP contribution >= 0.6 is 0 Å². The van der Waals surface area contributed by atoms with Gasteiger partial charge in [-0.05, 0) is 62.6 Å². The van der Waals surface area contributed by atoms with Crippen LogP contribution in [0, 0.1) is 20.8 Å². The maximum absolute atomic E-state index is 10.1. The summed E-state index contributed by atoms with van der Waals surface area (Å²) in [6.45, 7) is 9.14.